The molecule has 0 aromatic carbocycles. The average Bonchev–Trinajstić information content (AvgIpc) is 3.10. The van der Waals surface area contributed by atoms with Crippen LogP contribution in [0.5, 0.6) is 0 Å². The molecule has 20 heavy (non-hydrogen) atoms. The van der Waals surface area contributed by atoms with E-state index in [1.807, 2.05) is 6.20 Å². The second kappa shape index (κ2) is 6.06. The monoisotopic (exact) mass is 290 g/mol. The van der Waals surface area contributed by atoms with Gasteiger partial charge in [-0.05, 0) is 26.3 Å². The average molecular weight is 290 g/mol. The van der Waals surface area contributed by atoms with Crippen LogP contribution in [0.15, 0.2) is 11.6 Å². The minimum Gasteiger partial charge on any atom is -0.346 e. The lowest BCUT2D eigenvalue weighted by Crippen LogP contribution is -2.34. The molecule has 0 amide bonds. The van der Waals surface area contributed by atoms with Gasteiger partial charge < -0.3 is 4.98 Å². The van der Waals surface area contributed by atoms with Gasteiger partial charge in [-0.1, -0.05) is 6.92 Å². The van der Waals surface area contributed by atoms with Crippen LogP contribution in [0.4, 0.5) is 0 Å². The zero-order chi connectivity index (χ0) is 13.9. The number of aromatic amines is 1. The largest absolute Gasteiger partial charge is 0.346 e. The van der Waals surface area contributed by atoms with E-state index in [2.05, 4.69) is 34.1 Å². The van der Waals surface area contributed by atoms with Crippen molar-refractivity contribution in [2.24, 2.45) is 0 Å². The van der Waals surface area contributed by atoms with Crippen molar-refractivity contribution in [3.63, 3.8) is 0 Å². The summed E-state index contributed by atoms with van der Waals surface area (Å²) in [5.41, 5.74) is 2.43. The van der Waals surface area contributed by atoms with Gasteiger partial charge in [-0.25, -0.2) is 9.97 Å². The van der Waals surface area contributed by atoms with Crippen LogP contribution in [0.25, 0.3) is 0 Å². The number of aryl methyl sites for hydroxylation is 2. The molecule has 3 rings (SSSR count). The normalized spacial score (nSPS) is 20.4. The van der Waals surface area contributed by atoms with Gasteiger partial charge in [-0.3, -0.25) is 4.90 Å². The van der Waals surface area contributed by atoms with Crippen LogP contribution in [0, 0.1) is 6.92 Å². The summed E-state index contributed by atoms with van der Waals surface area (Å²) in [6.07, 6.45) is 5.42. The highest BCUT2D eigenvalue weighted by atomic mass is 32.1. The molecule has 3 heterocycles. The van der Waals surface area contributed by atoms with Gasteiger partial charge in [0.25, 0.3) is 0 Å². The van der Waals surface area contributed by atoms with Crippen LogP contribution in [0.1, 0.15) is 47.9 Å². The maximum atomic E-state index is 4.70. The summed E-state index contributed by atoms with van der Waals surface area (Å²) in [7, 11) is 0. The van der Waals surface area contributed by atoms with Crippen molar-refractivity contribution >= 4 is 11.3 Å². The second-order valence-corrected chi connectivity index (χ2v) is 6.48. The quantitative estimate of drug-likeness (QED) is 0.941. The van der Waals surface area contributed by atoms with E-state index in [1.54, 1.807) is 11.3 Å². The molecule has 0 spiro atoms. The third kappa shape index (κ3) is 2.94. The van der Waals surface area contributed by atoms with Gasteiger partial charge in [0.05, 0.1) is 10.7 Å². The summed E-state index contributed by atoms with van der Waals surface area (Å²) in [6, 6.07) is 0. The number of nitrogens with zero attached hydrogens (tertiary/aromatic N) is 3. The van der Waals surface area contributed by atoms with E-state index in [9.17, 15) is 0 Å². The van der Waals surface area contributed by atoms with Crippen LogP contribution in [-0.2, 0) is 13.0 Å². The highest BCUT2D eigenvalue weighted by Crippen LogP contribution is 2.29. The molecule has 1 aliphatic heterocycles. The summed E-state index contributed by atoms with van der Waals surface area (Å²) >= 11 is 1.79. The van der Waals surface area contributed by atoms with E-state index in [1.165, 1.54) is 35.8 Å². The number of hydrogen-bond donors (Lipinski definition) is 1. The van der Waals surface area contributed by atoms with Crippen molar-refractivity contribution in [3.8, 4) is 0 Å². The minimum atomic E-state index is 0.605. The number of thiazole rings is 1. The standard InChI is InChI=1S/C15H22N4S/c1-3-14-17-11(2)13(18-14)10-19-7-4-5-12(9-19)15-16-6-8-20-15/h6,8,12H,3-5,7,9-10H2,1-2H3,(H,17,18). The molecule has 2 aromatic heterocycles. The molecule has 0 aliphatic carbocycles. The van der Waals surface area contributed by atoms with E-state index in [0.29, 0.717) is 5.92 Å². The summed E-state index contributed by atoms with van der Waals surface area (Å²) in [5, 5.41) is 3.38. The molecule has 108 valence electrons. The first kappa shape index (κ1) is 13.8. The molecule has 5 heteroatoms. The van der Waals surface area contributed by atoms with Gasteiger partial charge in [-0.2, -0.15) is 0 Å². The number of aromatic nitrogens is 3. The van der Waals surface area contributed by atoms with E-state index in [4.69, 9.17) is 4.98 Å². The lowest BCUT2D eigenvalue weighted by Gasteiger charge is -2.31. The van der Waals surface area contributed by atoms with Crippen LogP contribution < -0.4 is 0 Å². The Morgan fingerprint density at radius 2 is 2.40 bits per heavy atom. The van der Waals surface area contributed by atoms with Crippen molar-refractivity contribution in [2.75, 3.05) is 13.1 Å². The summed E-state index contributed by atoms with van der Waals surface area (Å²) in [4.78, 5) is 15.1. The molecule has 1 aliphatic rings. The Morgan fingerprint density at radius 1 is 1.50 bits per heavy atom. The van der Waals surface area contributed by atoms with E-state index >= 15 is 0 Å². The number of rotatable bonds is 4. The van der Waals surface area contributed by atoms with Crippen molar-refractivity contribution < 1.29 is 0 Å². The molecule has 4 nitrogen and oxygen atoms in total. The first-order valence-electron chi connectivity index (χ1n) is 7.42. The Bertz CT molecular complexity index is 546. The third-order valence-corrected chi connectivity index (χ3v) is 4.99. The van der Waals surface area contributed by atoms with Crippen molar-refractivity contribution in [3.05, 3.63) is 33.8 Å². The fourth-order valence-corrected chi connectivity index (χ4v) is 3.70. The highest BCUT2D eigenvalue weighted by molar-refractivity contribution is 7.09. The molecule has 0 saturated carbocycles. The molecular formula is C15H22N4S. The molecule has 1 N–H and O–H groups in total. The maximum Gasteiger partial charge on any atom is 0.106 e. The molecule has 1 fully saturated rings. The van der Waals surface area contributed by atoms with Gasteiger partial charge >= 0.3 is 0 Å². The topological polar surface area (TPSA) is 44.8 Å². The van der Waals surface area contributed by atoms with E-state index in [-0.39, 0.29) is 0 Å². The van der Waals surface area contributed by atoms with Gasteiger partial charge in [-0.15, -0.1) is 11.3 Å². The van der Waals surface area contributed by atoms with Crippen LogP contribution in [0.2, 0.25) is 0 Å². The van der Waals surface area contributed by atoms with Crippen molar-refractivity contribution in [1.82, 2.24) is 19.9 Å². The Morgan fingerprint density at radius 3 is 3.10 bits per heavy atom. The van der Waals surface area contributed by atoms with Gasteiger partial charge in [0, 0.05) is 42.7 Å². The molecule has 0 radical (unpaired) electrons. The molecule has 0 bridgehead atoms. The van der Waals surface area contributed by atoms with Gasteiger partial charge in [0.15, 0.2) is 0 Å². The van der Waals surface area contributed by atoms with Crippen LogP contribution >= 0.6 is 11.3 Å². The number of hydrogen-bond acceptors (Lipinski definition) is 4. The Kier molecular flexibility index (Phi) is 4.17. The SMILES string of the molecule is CCc1nc(CN2CCCC(c3nccs3)C2)c(C)[nH]1. The fourth-order valence-electron chi connectivity index (χ4n) is 2.93. The number of piperidine rings is 1. The third-order valence-electron chi connectivity index (χ3n) is 4.05. The molecule has 1 unspecified atom stereocenters. The van der Waals surface area contributed by atoms with Crippen molar-refractivity contribution in [1.29, 1.82) is 0 Å². The Balaban J connectivity index is 1.66. The predicted molar refractivity (Wildman–Crippen MR) is 82.1 cm³/mol. The van der Waals surface area contributed by atoms with Crippen LogP contribution in [0.3, 0.4) is 0 Å². The highest BCUT2D eigenvalue weighted by Gasteiger charge is 2.24. The number of nitrogens with one attached hydrogen (secondary N) is 1. The molecular weight excluding hydrogens is 268 g/mol. The molecule has 2 aromatic rings. The van der Waals surface area contributed by atoms with Crippen molar-refractivity contribution in [2.45, 2.75) is 45.6 Å². The Hall–Kier alpha value is -1.20. The zero-order valence-corrected chi connectivity index (χ0v) is 13.0. The van der Waals surface area contributed by atoms with E-state index < -0.39 is 0 Å². The predicted octanol–water partition coefficient (Wildman–Crippen LogP) is 3.12. The first-order chi connectivity index (χ1) is 9.76. The minimum absolute atomic E-state index is 0.605. The number of imidazole rings is 1. The summed E-state index contributed by atoms with van der Waals surface area (Å²) in [5.74, 6) is 1.71. The Labute approximate surface area is 124 Å². The lowest BCUT2D eigenvalue weighted by molar-refractivity contribution is 0.198. The molecule has 1 saturated heterocycles. The summed E-state index contributed by atoms with van der Waals surface area (Å²) in [6.45, 7) is 7.52. The maximum absolute atomic E-state index is 4.70. The van der Waals surface area contributed by atoms with Crippen LogP contribution in [-0.4, -0.2) is 32.9 Å². The van der Waals surface area contributed by atoms with Gasteiger partial charge in [0.1, 0.15) is 5.82 Å². The van der Waals surface area contributed by atoms with E-state index in [0.717, 1.165) is 25.3 Å². The fraction of sp³-hybridized carbons (Fsp3) is 0.600. The smallest absolute Gasteiger partial charge is 0.106 e. The number of H-pyrrole nitrogens is 1. The first-order valence-corrected chi connectivity index (χ1v) is 8.30. The molecule has 1 atom stereocenters. The zero-order valence-electron chi connectivity index (χ0n) is 12.2. The second-order valence-electron chi connectivity index (χ2n) is 5.55. The summed E-state index contributed by atoms with van der Waals surface area (Å²) < 4.78 is 0. The van der Waals surface area contributed by atoms with Gasteiger partial charge in [0.2, 0.25) is 0 Å². The number of likely N-dealkylation sites (tertiary alicyclic amines) is 1. The lowest BCUT2D eigenvalue weighted by atomic mass is 9.98.